The molecule has 0 amide bonds. The molecule has 0 radical (unpaired) electrons. The molecule has 0 atom stereocenters. The van der Waals surface area contributed by atoms with Crippen molar-refractivity contribution in [3.63, 3.8) is 0 Å². The number of hydrogen-bond donors (Lipinski definition) is 0. The van der Waals surface area contributed by atoms with E-state index in [0.29, 0.717) is 5.56 Å². The highest BCUT2D eigenvalue weighted by Gasteiger charge is 2.14. The highest BCUT2D eigenvalue weighted by Crippen LogP contribution is 2.33. The molecule has 0 fully saturated rings. The van der Waals surface area contributed by atoms with Crippen LogP contribution >= 0.6 is 11.8 Å². The van der Waals surface area contributed by atoms with Gasteiger partial charge in [0.2, 0.25) is 0 Å². The van der Waals surface area contributed by atoms with Gasteiger partial charge in [-0.15, -0.1) is 11.8 Å². The predicted octanol–water partition coefficient (Wildman–Crippen LogP) is 5.32. The van der Waals surface area contributed by atoms with Gasteiger partial charge in [-0.1, -0.05) is 60.2 Å². The smallest absolute Gasteiger partial charge is 0.115 e. The lowest BCUT2D eigenvalue weighted by Gasteiger charge is -2.11. The van der Waals surface area contributed by atoms with Gasteiger partial charge in [0.05, 0.1) is 11.3 Å². The van der Waals surface area contributed by atoms with Gasteiger partial charge in [0.1, 0.15) is 11.1 Å². The summed E-state index contributed by atoms with van der Waals surface area (Å²) in [7, 11) is 0. The fourth-order valence-corrected chi connectivity index (χ4v) is 3.04. The minimum absolute atomic E-state index is 0.638. The quantitative estimate of drug-likeness (QED) is 0.614. The standard InChI is InChI=1S/C20H16N2S/c1-14-8-10-16(11-9-14)19-12-17(15-6-4-3-5-7-15)18(13-21)20(22-19)23-2/h3-12H,1-2H3. The van der Waals surface area contributed by atoms with E-state index in [4.69, 9.17) is 0 Å². The van der Waals surface area contributed by atoms with Gasteiger partial charge < -0.3 is 0 Å². The maximum atomic E-state index is 9.59. The van der Waals surface area contributed by atoms with E-state index in [2.05, 4.69) is 42.2 Å². The van der Waals surface area contributed by atoms with Crippen molar-refractivity contribution in [2.45, 2.75) is 11.9 Å². The summed E-state index contributed by atoms with van der Waals surface area (Å²) in [4.78, 5) is 4.69. The zero-order chi connectivity index (χ0) is 16.2. The van der Waals surface area contributed by atoms with Crippen molar-refractivity contribution < 1.29 is 0 Å². The Morgan fingerprint density at radius 3 is 2.26 bits per heavy atom. The fraction of sp³-hybridized carbons (Fsp3) is 0.100. The van der Waals surface area contributed by atoms with Gasteiger partial charge in [-0.3, -0.25) is 0 Å². The van der Waals surface area contributed by atoms with E-state index in [9.17, 15) is 5.26 Å². The summed E-state index contributed by atoms with van der Waals surface area (Å²) < 4.78 is 0. The fourth-order valence-electron chi connectivity index (χ4n) is 2.50. The number of nitrogens with zero attached hydrogens (tertiary/aromatic N) is 2. The van der Waals surface area contributed by atoms with Crippen LogP contribution in [0.1, 0.15) is 11.1 Å². The lowest BCUT2D eigenvalue weighted by atomic mass is 9.99. The third kappa shape index (κ3) is 3.13. The normalized spacial score (nSPS) is 10.3. The van der Waals surface area contributed by atoms with Gasteiger partial charge in [0.25, 0.3) is 0 Å². The molecule has 23 heavy (non-hydrogen) atoms. The van der Waals surface area contributed by atoms with Crippen molar-refractivity contribution in [2.24, 2.45) is 0 Å². The molecule has 2 aromatic carbocycles. The van der Waals surface area contributed by atoms with E-state index in [-0.39, 0.29) is 0 Å². The number of thioether (sulfide) groups is 1. The Labute approximate surface area is 140 Å². The largest absolute Gasteiger partial charge is 0.240 e. The first kappa shape index (κ1) is 15.3. The van der Waals surface area contributed by atoms with Crippen LogP contribution in [0.25, 0.3) is 22.4 Å². The lowest BCUT2D eigenvalue weighted by molar-refractivity contribution is 1.12. The Hall–Kier alpha value is -2.57. The second kappa shape index (κ2) is 6.68. The number of benzene rings is 2. The summed E-state index contributed by atoms with van der Waals surface area (Å²) in [6.07, 6.45) is 1.96. The van der Waals surface area contributed by atoms with Gasteiger partial charge in [0.15, 0.2) is 0 Å². The third-order valence-electron chi connectivity index (χ3n) is 3.72. The molecule has 3 aromatic rings. The molecule has 0 spiro atoms. The molecule has 0 bridgehead atoms. The molecule has 2 nitrogen and oxygen atoms in total. The molecule has 0 aliphatic rings. The number of pyridine rings is 1. The second-order valence-electron chi connectivity index (χ2n) is 5.28. The first-order chi connectivity index (χ1) is 11.2. The summed E-state index contributed by atoms with van der Waals surface area (Å²) in [6.45, 7) is 2.07. The maximum Gasteiger partial charge on any atom is 0.115 e. The molecule has 0 N–H and O–H groups in total. The van der Waals surface area contributed by atoms with Crippen LogP contribution in [-0.2, 0) is 0 Å². The summed E-state index contributed by atoms with van der Waals surface area (Å²) in [5.74, 6) is 0. The van der Waals surface area contributed by atoms with E-state index in [1.54, 1.807) is 0 Å². The molecule has 0 unspecified atom stereocenters. The van der Waals surface area contributed by atoms with Crippen molar-refractivity contribution >= 4 is 11.8 Å². The van der Waals surface area contributed by atoms with Crippen LogP contribution in [0.3, 0.4) is 0 Å². The number of nitriles is 1. The van der Waals surface area contributed by atoms with Crippen molar-refractivity contribution in [2.75, 3.05) is 6.26 Å². The van der Waals surface area contributed by atoms with Gasteiger partial charge >= 0.3 is 0 Å². The molecule has 3 heteroatoms. The van der Waals surface area contributed by atoms with Crippen LogP contribution in [0.2, 0.25) is 0 Å². The van der Waals surface area contributed by atoms with Crippen molar-refractivity contribution in [1.82, 2.24) is 4.98 Å². The zero-order valence-corrected chi connectivity index (χ0v) is 13.9. The first-order valence-electron chi connectivity index (χ1n) is 7.34. The summed E-state index contributed by atoms with van der Waals surface area (Å²) in [5.41, 5.74) is 5.79. The third-order valence-corrected chi connectivity index (χ3v) is 4.41. The van der Waals surface area contributed by atoms with E-state index < -0.39 is 0 Å². The molecule has 1 heterocycles. The van der Waals surface area contributed by atoms with Crippen LogP contribution in [0.5, 0.6) is 0 Å². The second-order valence-corrected chi connectivity index (χ2v) is 6.08. The average molecular weight is 316 g/mol. The molecule has 0 aliphatic heterocycles. The molecular weight excluding hydrogens is 300 g/mol. The number of aromatic nitrogens is 1. The topological polar surface area (TPSA) is 36.7 Å². The zero-order valence-electron chi connectivity index (χ0n) is 13.1. The monoisotopic (exact) mass is 316 g/mol. The van der Waals surface area contributed by atoms with Crippen LogP contribution in [-0.4, -0.2) is 11.2 Å². The summed E-state index contributed by atoms with van der Waals surface area (Å²) in [6, 6.07) is 22.6. The van der Waals surface area contributed by atoms with E-state index >= 15 is 0 Å². The minimum atomic E-state index is 0.638. The Bertz CT molecular complexity index is 863. The summed E-state index contributed by atoms with van der Waals surface area (Å²) in [5, 5.41) is 10.4. The van der Waals surface area contributed by atoms with Crippen LogP contribution < -0.4 is 0 Å². The Morgan fingerprint density at radius 2 is 1.65 bits per heavy atom. The van der Waals surface area contributed by atoms with Gasteiger partial charge in [-0.25, -0.2) is 4.98 Å². The molecule has 0 aliphatic carbocycles. The van der Waals surface area contributed by atoms with Crippen molar-refractivity contribution in [1.29, 1.82) is 5.26 Å². The SMILES string of the molecule is CSc1nc(-c2ccc(C)cc2)cc(-c2ccccc2)c1C#N. The molecule has 3 rings (SSSR count). The highest BCUT2D eigenvalue weighted by atomic mass is 32.2. The van der Waals surface area contributed by atoms with Crippen LogP contribution in [0, 0.1) is 18.3 Å². The Kier molecular flexibility index (Phi) is 4.45. The number of rotatable bonds is 3. The van der Waals surface area contributed by atoms with E-state index in [1.165, 1.54) is 17.3 Å². The molecule has 112 valence electrons. The van der Waals surface area contributed by atoms with E-state index in [0.717, 1.165) is 27.4 Å². The average Bonchev–Trinajstić information content (AvgIpc) is 2.62. The molecule has 0 saturated heterocycles. The highest BCUT2D eigenvalue weighted by molar-refractivity contribution is 7.98. The van der Waals surface area contributed by atoms with Gasteiger partial charge in [-0.2, -0.15) is 5.26 Å². The minimum Gasteiger partial charge on any atom is -0.240 e. The first-order valence-corrected chi connectivity index (χ1v) is 8.57. The molecule has 1 aromatic heterocycles. The van der Waals surface area contributed by atoms with Crippen molar-refractivity contribution in [3.05, 3.63) is 71.8 Å². The number of hydrogen-bond acceptors (Lipinski definition) is 3. The van der Waals surface area contributed by atoms with E-state index in [1.807, 2.05) is 42.7 Å². The molecule has 0 saturated carbocycles. The Balaban J connectivity index is 2.24. The lowest BCUT2D eigenvalue weighted by Crippen LogP contribution is -1.95. The Morgan fingerprint density at radius 1 is 0.957 bits per heavy atom. The van der Waals surface area contributed by atoms with Crippen molar-refractivity contribution in [3.8, 4) is 28.5 Å². The van der Waals surface area contributed by atoms with Gasteiger partial charge in [0, 0.05) is 11.1 Å². The summed E-state index contributed by atoms with van der Waals surface area (Å²) >= 11 is 1.51. The van der Waals surface area contributed by atoms with Gasteiger partial charge in [-0.05, 0) is 24.8 Å². The number of aryl methyl sites for hydroxylation is 1. The maximum absolute atomic E-state index is 9.59. The predicted molar refractivity (Wildman–Crippen MR) is 96.3 cm³/mol. The molecular formula is C20H16N2S. The van der Waals surface area contributed by atoms with Crippen LogP contribution in [0.15, 0.2) is 65.7 Å². The van der Waals surface area contributed by atoms with Crippen LogP contribution in [0.4, 0.5) is 0 Å².